The maximum atomic E-state index is 12.2. The predicted molar refractivity (Wildman–Crippen MR) is 94.2 cm³/mol. The molecular formula is C16H17N3O2S2. The molecule has 0 saturated heterocycles. The molecule has 120 valence electrons. The number of fused-ring (bicyclic) bond motifs is 1. The number of carbonyl (C=O) groups excluding carboxylic acids is 1. The molecule has 0 aliphatic rings. The van der Waals surface area contributed by atoms with Crippen molar-refractivity contribution < 1.29 is 9.21 Å². The summed E-state index contributed by atoms with van der Waals surface area (Å²) < 4.78 is 6.43. The van der Waals surface area contributed by atoms with Crippen molar-refractivity contribution in [1.29, 1.82) is 0 Å². The second-order valence-corrected chi connectivity index (χ2v) is 7.46. The van der Waals surface area contributed by atoms with Crippen LogP contribution in [-0.2, 0) is 17.6 Å². The molecule has 2 heterocycles. The normalized spacial score (nSPS) is 11.0. The minimum atomic E-state index is -0.114. The van der Waals surface area contributed by atoms with Crippen LogP contribution < -0.4 is 5.32 Å². The Labute approximate surface area is 142 Å². The van der Waals surface area contributed by atoms with Crippen LogP contribution in [0.25, 0.3) is 11.0 Å². The summed E-state index contributed by atoms with van der Waals surface area (Å²) in [5.74, 6) is 0.819. The van der Waals surface area contributed by atoms with E-state index >= 15 is 0 Å². The van der Waals surface area contributed by atoms with E-state index in [9.17, 15) is 4.79 Å². The second kappa shape index (κ2) is 7.14. The topological polar surface area (TPSA) is 68.0 Å². The quantitative estimate of drug-likeness (QED) is 0.536. The van der Waals surface area contributed by atoms with Gasteiger partial charge in [0, 0.05) is 10.9 Å². The molecule has 23 heavy (non-hydrogen) atoms. The monoisotopic (exact) mass is 347 g/mol. The molecule has 0 radical (unpaired) electrons. The fourth-order valence-corrected chi connectivity index (χ4v) is 3.93. The van der Waals surface area contributed by atoms with Crippen molar-refractivity contribution in [2.45, 2.75) is 31.0 Å². The Morgan fingerprint density at radius 1 is 1.35 bits per heavy atom. The second-order valence-electron chi connectivity index (χ2n) is 4.98. The van der Waals surface area contributed by atoms with Crippen LogP contribution in [0.4, 0.5) is 5.13 Å². The molecule has 0 atom stereocenters. The lowest BCUT2D eigenvalue weighted by atomic mass is 10.1. The Hall–Kier alpha value is -1.86. The Kier molecular flexibility index (Phi) is 4.97. The van der Waals surface area contributed by atoms with E-state index in [0.717, 1.165) is 33.0 Å². The highest BCUT2D eigenvalue weighted by molar-refractivity contribution is 8.01. The summed E-state index contributed by atoms with van der Waals surface area (Å²) in [6.07, 6.45) is 2.87. The van der Waals surface area contributed by atoms with Gasteiger partial charge in [-0.25, -0.2) is 0 Å². The van der Waals surface area contributed by atoms with Crippen LogP contribution in [0.5, 0.6) is 0 Å². The summed E-state index contributed by atoms with van der Waals surface area (Å²) in [6.45, 7) is 4.16. The smallest absolute Gasteiger partial charge is 0.230 e. The van der Waals surface area contributed by atoms with Gasteiger partial charge in [-0.15, -0.1) is 10.2 Å². The van der Waals surface area contributed by atoms with Gasteiger partial charge in [-0.2, -0.15) is 0 Å². The van der Waals surface area contributed by atoms with Gasteiger partial charge in [-0.3, -0.25) is 4.79 Å². The van der Waals surface area contributed by atoms with E-state index in [0.29, 0.717) is 5.13 Å². The third-order valence-corrected chi connectivity index (χ3v) is 5.25. The summed E-state index contributed by atoms with van der Waals surface area (Å²) in [7, 11) is 0. The maximum Gasteiger partial charge on any atom is 0.230 e. The summed E-state index contributed by atoms with van der Waals surface area (Å²) in [4.78, 5) is 12.2. The number of amides is 1. The lowest BCUT2D eigenvalue weighted by Gasteiger charge is -2.00. The predicted octanol–water partition coefficient (Wildman–Crippen LogP) is 4.14. The average Bonchev–Trinajstić information content (AvgIpc) is 3.14. The first-order valence-electron chi connectivity index (χ1n) is 7.44. The van der Waals surface area contributed by atoms with Crippen LogP contribution in [0.1, 0.15) is 25.0 Å². The number of benzene rings is 1. The third-order valence-electron chi connectivity index (χ3n) is 3.40. The van der Waals surface area contributed by atoms with Gasteiger partial charge < -0.3 is 9.73 Å². The van der Waals surface area contributed by atoms with Crippen LogP contribution in [-0.4, -0.2) is 21.9 Å². The number of hydrogen-bond acceptors (Lipinski definition) is 6. The van der Waals surface area contributed by atoms with E-state index < -0.39 is 0 Å². The number of aryl methyl sites for hydroxylation is 1. The molecule has 1 N–H and O–H groups in total. The van der Waals surface area contributed by atoms with E-state index in [2.05, 4.69) is 35.4 Å². The van der Waals surface area contributed by atoms with E-state index in [1.54, 1.807) is 18.0 Å². The molecule has 0 bridgehead atoms. The molecule has 3 rings (SSSR count). The molecule has 1 aromatic carbocycles. The van der Waals surface area contributed by atoms with E-state index in [-0.39, 0.29) is 12.3 Å². The fraction of sp³-hybridized carbons (Fsp3) is 0.312. The van der Waals surface area contributed by atoms with Gasteiger partial charge in [0.05, 0.1) is 12.7 Å². The first-order valence-corrected chi connectivity index (χ1v) is 9.25. The van der Waals surface area contributed by atoms with Crippen molar-refractivity contribution in [3.8, 4) is 0 Å². The zero-order chi connectivity index (χ0) is 16.2. The largest absolute Gasteiger partial charge is 0.464 e. The number of aromatic nitrogens is 2. The highest BCUT2D eigenvalue weighted by atomic mass is 32.2. The molecule has 0 fully saturated rings. The summed E-state index contributed by atoms with van der Waals surface area (Å²) in [5, 5.41) is 12.3. The maximum absolute atomic E-state index is 12.2. The zero-order valence-electron chi connectivity index (χ0n) is 13.0. The molecule has 0 aliphatic carbocycles. The van der Waals surface area contributed by atoms with Crippen LogP contribution in [0, 0.1) is 0 Å². The van der Waals surface area contributed by atoms with E-state index in [1.807, 2.05) is 12.1 Å². The number of nitrogens with one attached hydrogen (secondary N) is 1. The number of nitrogens with zero attached hydrogens (tertiary/aromatic N) is 2. The number of rotatable bonds is 6. The summed E-state index contributed by atoms with van der Waals surface area (Å²) >= 11 is 3.00. The van der Waals surface area contributed by atoms with Crippen molar-refractivity contribution in [1.82, 2.24) is 10.2 Å². The summed E-state index contributed by atoms with van der Waals surface area (Å²) in [6, 6.07) is 6.11. The molecule has 7 heteroatoms. The Morgan fingerprint density at radius 2 is 2.22 bits per heavy atom. The molecule has 0 aliphatic heterocycles. The first kappa shape index (κ1) is 16.0. The molecule has 0 unspecified atom stereocenters. The summed E-state index contributed by atoms with van der Waals surface area (Å²) in [5.41, 5.74) is 2.93. The van der Waals surface area contributed by atoms with E-state index in [4.69, 9.17) is 4.42 Å². The van der Waals surface area contributed by atoms with Crippen LogP contribution in [0.3, 0.4) is 0 Å². The molecule has 1 amide bonds. The van der Waals surface area contributed by atoms with Crippen molar-refractivity contribution in [2.24, 2.45) is 0 Å². The molecule has 5 nitrogen and oxygen atoms in total. The van der Waals surface area contributed by atoms with Gasteiger partial charge in [-0.1, -0.05) is 49.1 Å². The van der Waals surface area contributed by atoms with Crippen LogP contribution in [0.2, 0.25) is 0 Å². The minimum Gasteiger partial charge on any atom is -0.464 e. The van der Waals surface area contributed by atoms with Crippen LogP contribution >= 0.6 is 23.1 Å². The molecule has 3 aromatic rings. The van der Waals surface area contributed by atoms with Crippen molar-refractivity contribution >= 4 is 45.1 Å². The van der Waals surface area contributed by atoms with Crippen molar-refractivity contribution in [3.05, 3.63) is 35.6 Å². The number of thioether (sulfide) groups is 1. The van der Waals surface area contributed by atoms with Gasteiger partial charge in [0.1, 0.15) is 5.58 Å². The standard InChI is InChI=1S/C16H17N3O2S2/c1-3-10-5-6-12-11(9-21-13(12)7-10)8-14(20)17-15-18-19-16(23-15)22-4-2/h5-7,9H,3-4,8H2,1-2H3,(H,17,18,20). The molecular weight excluding hydrogens is 330 g/mol. The third kappa shape index (κ3) is 3.73. The van der Waals surface area contributed by atoms with Gasteiger partial charge in [-0.05, 0) is 23.8 Å². The first-order chi connectivity index (χ1) is 11.2. The van der Waals surface area contributed by atoms with Crippen LogP contribution in [0.15, 0.2) is 33.2 Å². The highest BCUT2D eigenvalue weighted by Crippen LogP contribution is 2.26. The highest BCUT2D eigenvalue weighted by Gasteiger charge is 2.13. The lowest BCUT2D eigenvalue weighted by Crippen LogP contribution is -2.13. The Morgan fingerprint density at radius 3 is 3.00 bits per heavy atom. The van der Waals surface area contributed by atoms with Gasteiger partial charge in [0.25, 0.3) is 0 Å². The van der Waals surface area contributed by atoms with Gasteiger partial charge in [0.2, 0.25) is 11.0 Å². The van der Waals surface area contributed by atoms with Gasteiger partial charge in [0.15, 0.2) is 4.34 Å². The van der Waals surface area contributed by atoms with Crippen molar-refractivity contribution in [3.63, 3.8) is 0 Å². The zero-order valence-corrected chi connectivity index (χ0v) is 14.6. The number of carbonyl (C=O) groups is 1. The number of furan rings is 1. The van der Waals surface area contributed by atoms with E-state index in [1.165, 1.54) is 16.9 Å². The average molecular weight is 347 g/mol. The Balaban J connectivity index is 1.69. The minimum absolute atomic E-state index is 0.114. The number of hydrogen-bond donors (Lipinski definition) is 1. The molecule has 0 saturated carbocycles. The number of anilines is 1. The molecule has 0 spiro atoms. The molecule has 2 aromatic heterocycles. The fourth-order valence-electron chi connectivity index (χ4n) is 2.26. The lowest BCUT2D eigenvalue weighted by molar-refractivity contribution is -0.115. The van der Waals surface area contributed by atoms with Gasteiger partial charge >= 0.3 is 0 Å². The Bertz CT molecular complexity index is 826. The van der Waals surface area contributed by atoms with Crippen molar-refractivity contribution in [2.75, 3.05) is 11.1 Å². The SMILES string of the molecule is CCSc1nnc(NC(=O)Cc2coc3cc(CC)ccc23)s1.